The van der Waals surface area contributed by atoms with Crippen LogP contribution >= 0.6 is 0 Å². The number of aromatic hydroxyl groups is 1. The molecule has 4 rings (SSSR count). The van der Waals surface area contributed by atoms with Gasteiger partial charge in [0.05, 0.1) is 23.2 Å². The van der Waals surface area contributed by atoms with Crippen LogP contribution in [0.5, 0.6) is 5.75 Å². The van der Waals surface area contributed by atoms with Gasteiger partial charge in [-0.05, 0) is 98.4 Å². The lowest BCUT2D eigenvalue weighted by Gasteiger charge is -2.61. The summed E-state index contributed by atoms with van der Waals surface area (Å²) in [4.78, 5) is 73.7. The number of benzene rings is 1. The third-order valence-electron chi connectivity index (χ3n) is 9.10. The number of aryl methyl sites for hydroxylation is 1. The van der Waals surface area contributed by atoms with Crippen molar-refractivity contribution >= 4 is 29.0 Å². The third kappa shape index (κ3) is 4.79. The minimum atomic E-state index is -2.73. The summed E-state index contributed by atoms with van der Waals surface area (Å²) < 4.78 is 0. The number of rotatable bonds is 6. The normalized spacial score (nSPS) is 32.3. The van der Waals surface area contributed by atoms with Crippen LogP contribution in [0, 0.1) is 28.6 Å². The standard InChI is InChI=1S/C31H42N6O6/c1-28(2,3)35-27(43)20-23(40)24(37(6)7)31(34)14-29(33)13-17-16(9-8-12-36(4)5)10-11-18(38)19(17)22(39)21(29)26(42)30(31,15-32)25(20)41/h10-11,20-21,24,38H,8-9,12-14,33-34H2,1-7H3,(H,35,43)/t20?,21?,24-,29-,30+,31-/m1/s1. The van der Waals surface area contributed by atoms with Crippen molar-refractivity contribution in [1.29, 1.82) is 5.26 Å². The lowest BCUT2D eigenvalue weighted by molar-refractivity contribution is -0.166. The maximum Gasteiger partial charge on any atom is 0.238 e. The zero-order valence-corrected chi connectivity index (χ0v) is 25.9. The van der Waals surface area contributed by atoms with Crippen LogP contribution in [0.2, 0.25) is 0 Å². The highest BCUT2D eigenvalue weighted by Crippen LogP contribution is 2.56. The number of Topliss-reactive ketones (excluding diaryl/α,β-unsaturated/α-hetero) is 4. The molecule has 12 nitrogen and oxygen atoms in total. The Bertz CT molecular complexity index is 1460. The monoisotopic (exact) mass is 594 g/mol. The molecule has 43 heavy (non-hydrogen) atoms. The molecule has 1 aromatic rings. The molecule has 3 aliphatic rings. The molecule has 0 aliphatic heterocycles. The Labute approximate surface area is 251 Å². The van der Waals surface area contributed by atoms with Gasteiger partial charge in [0.1, 0.15) is 11.7 Å². The second kappa shape index (κ2) is 10.6. The fourth-order valence-electron chi connectivity index (χ4n) is 7.51. The van der Waals surface area contributed by atoms with Crippen molar-refractivity contribution in [1.82, 2.24) is 15.1 Å². The van der Waals surface area contributed by atoms with E-state index in [-0.39, 0.29) is 17.7 Å². The van der Waals surface area contributed by atoms with Gasteiger partial charge < -0.3 is 26.8 Å². The number of fused-ring (bicyclic) bond motifs is 3. The summed E-state index contributed by atoms with van der Waals surface area (Å²) >= 11 is 0. The number of amides is 1. The van der Waals surface area contributed by atoms with Crippen LogP contribution < -0.4 is 16.8 Å². The van der Waals surface area contributed by atoms with Gasteiger partial charge in [0.25, 0.3) is 0 Å². The van der Waals surface area contributed by atoms with Gasteiger partial charge in [-0.25, -0.2) is 0 Å². The van der Waals surface area contributed by atoms with Crippen LogP contribution in [0.4, 0.5) is 0 Å². The first kappa shape index (κ1) is 32.4. The zero-order chi connectivity index (χ0) is 32.4. The molecule has 1 amide bonds. The average molecular weight is 595 g/mol. The number of phenolic OH excluding ortho intramolecular Hbond substituents is 1. The maximum absolute atomic E-state index is 14.6. The first-order chi connectivity index (χ1) is 19.8. The molecule has 6 N–H and O–H groups in total. The summed E-state index contributed by atoms with van der Waals surface area (Å²) in [6.07, 6.45) is 0.865. The molecule has 3 aliphatic carbocycles. The molecule has 2 saturated carbocycles. The molecule has 0 saturated heterocycles. The Morgan fingerprint density at radius 3 is 2.28 bits per heavy atom. The Morgan fingerprint density at radius 1 is 1.12 bits per heavy atom. The number of likely N-dealkylation sites (N-methyl/N-ethyl adjacent to an activating group) is 1. The summed E-state index contributed by atoms with van der Waals surface area (Å²) in [5.74, 6) is -9.04. The highest BCUT2D eigenvalue weighted by atomic mass is 16.3. The topological polar surface area (TPSA) is 200 Å². The van der Waals surface area contributed by atoms with Gasteiger partial charge in [0.15, 0.2) is 34.5 Å². The number of hydrogen-bond donors (Lipinski definition) is 4. The van der Waals surface area contributed by atoms with Gasteiger partial charge in [-0.3, -0.25) is 28.9 Å². The highest BCUT2D eigenvalue weighted by molar-refractivity contribution is 6.33. The number of nitrogens with zero attached hydrogens (tertiary/aromatic N) is 3. The Morgan fingerprint density at radius 2 is 1.74 bits per heavy atom. The lowest BCUT2D eigenvalue weighted by Crippen LogP contribution is -2.85. The van der Waals surface area contributed by atoms with E-state index in [9.17, 15) is 34.3 Å². The van der Waals surface area contributed by atoms with Crippen LogP contribution in [0.25, 0.3) is 0 Å². The predicted molar refractivity (Wildman–Crippen MR) is 157 cm³/mol. The first-order valence-corrected chi connectivity index (χ1v) is 14.4. The summed E-state index contributed by atoms with van der Waals surface area (Å²) in [7, 11) is 6.90. The van der Waals surface area contributed by atoms with Crippen LogP contribution in [-0.4, -0.2) is 101 Å². The van der Waals surface area contributed by atoms with E-state index in [4.69, 9.17) is 11.5 Å². The van der Waals surface area contributed by atoms with E-state index in [0.717, 1.165) is 18.5 Å². The molecule has 0 spiro atoms. The fourth-order valence-corrected chi connectivity index (χ4v) is 7.51. The molecule has 0 aromatic heterocycles. The number of nitrogens with two attached hydrogens (primary N) is 2. The van der Waals surface area contributed by atoms with E-state index in [1.54, 1.807) is 26.8 Å². The summed E-state index contributed by atoms with van der Waals surface area (Å²) in [6.45, 7) is 5.75. The molecule has 6 atom stereocenters. The molecule has 0 radical (unpaired) electrons. The van der Waals surface area contributed by atoms with Crippen molar-refractivity contribution in [2.24, 2.45) is 28.7 Å². The van der Waals surface area contributed by atoms with E-state index in [0.29, 0.717) is 12.0 Å². The summed E-state index contributed by atoms with van der Waals surface area (Å²) in [5, 5.41) is 24.1. The Kier molecular flexibility index (Phi) is 7.98. The summed E-state index contributed by atoms with van der Waals surface area (Å²) in [6, 6.07) is 3.50. The van der Waals surface area contributed by atoms with Gasteiger partial charge in [-0.2, -0.15) is 5.26 Å². The SMILES string of the molecule is CN(C)CCCc1ccc(O)c2c1C[C@@]1(N)C[C@@]3(N)[C@H](N(C)C)C(=O)C(C(=O)NC(C)(C)C)C(=O)[C@@]3(C#N)C(=O)C1C2=O. The minimum absolute atomic E-state index is 0.0485. The van der Waals surface area contributed by atoms with Crippen LogP contribution in [-0.2, 0) is 32.0 Å². The molecular weight excluding hydrogens is 552 g/mol. The number of nitrogens with one attached hydrogen (secondary N) is 1. The number of nitriles is 1. The van der Waals surface area contributed by atoms with Crippen molar-refractivity contribution in [3.05, 3.63) is 28.8 Å². The fraction of sp³-hybridized carbons (Fsp3) is 0.613. The molecule has 2 fully saturated rings. The average Bonchev–Trinajstić information content (AvgIpc) is 2.83. The second-order valence-electron chi connectivity index (χ2n) is 14.0. The number of ketones is 4. The van der Waals surface area contributed by atoms with E-state index < -0.39 is 75.4 Å². The zero-order valence-electron chi connectivity index (χ0n) is 25.9. The molecule has 232 valence electrons. The van der Waals surface area contributed by atoms with Crippen molar-refractivity contribution in [3.63, 3.8) is 0 Å². The van der Waals surface area contributed by atoms with E-state index >= 15 is 0 Å². The van der Waals surface area contributed by atoms with Gasteiger partial charge in [-0.15, -0.1) is 0 Å². The molecule has 2 unspecified atom stereocenters. The van der Waals surface area contributed by atoms with Crippen molar-refractivity contribution in [2.75, 3.05) is 34.7 Å². The van der Waals surface area contributed by atoms with Gasteiger partial charge in [0, 0.05) is 11.1 Å². The van der Waals surface area contributed by atoms with Crippen molar-refractivity contribution < 1.29 is 29.1 Å². The number of hydrogen-bond acceptors (Lipinski definition) is 11. The number of carbonyl (C=O) groups excluding carboxylic acids is 5. The van der Waals surface area contributed by atoms with Crippen molar-refractivity contribution in [3.8, 4) is 11.8 Å². The molecular formula is C31H42N6O6. The van der Waals surface area contributed by atoms with Gasteiger partial charge in [-0.1, -0.05) is 6.07 Å². The van der Waals surface area contributed by atoms with E-state index in [1.807, 2.05) is 25.1 Å². The number of carbonyl (C=O) groups is 5. The largest absolute Gasteiger partial charge is 0.507 e. The molecule has 0 bridgehead atoms. The number of phenols is 1. The highest BCUT2D eigenvalue weighted by Gasteiger charge is 2.78. The van der Waals surface area contributed by atoms with Crippen molar-refractivity contribution in [2.45, 2.75) is 69.1 Å². The van der Waals surface area contributed by atoms with Gasteiger partial charge in [0.2, 0.25) is 5.91 Å². The smallest absolute Gasteiger partial charge is 0.238 e. The molecule has 1 aromatic carbocycles. The molecule has 0 heterocycles. The lowest BCUT2D eigenvalue weighted by atomic mass is 9.42. The quantitative estimate of drug-likeness (QED) is 0.316. The summed E-state index contributed by atoms with van der Waals surface area (Å²) in [5.41, 5.74) is 7.71. The molecule has 12 heteroatoms. The van der Waals surface area contributed by atoms with Crippen LogP contribution in [0.1, 0.15) is 55.1 Å². The minimum Gasteiger partial charge on any atom is -0.507 e. The van der Waals surface area contributed by atoms with E-state index in [1.165, 1.54) is 25.1 Å². The Hall–Kier alpha value is -3.50. The van der Waals surface area contributed by atoms with Crippen LogP contribution in [0.15, 0.2) is 12.1 Å². The van der Waals surface area contributed by atoms with Gasteiger partial charge >= 0.3 is 0 Å². The predicted octanol–water partition coefficient (Wildman–Crippen LogP) is -0.268. The second-order valence-corrected chi connectivity index (χ2v) is 14.0. The Balaban J connectivity index is 1.92. The van der Waals surface area contributed by atoms with Crippen LogP contribution in [0.3, 0.4) is 0 Å². The van der Waals surface area contributed by atoms with E-state index in [2.05, 4.69) is 5.32 Å². The third-order valence-corrected chi connectivity index (χ3v) is 9.10. The first-order valence-electron chi connectivity index (χ1n) is 14.4. The maximum atomic E-state index is 14.6.